The Kier molecular flexibility index (Phi) is 7.65. The minimum Gasteiger partial charge on any atom is -0.493 e. The highest BCUT2D eigenvalue weighted by atomic mass is 79.9. The Bertz CT molecular complexity index is 499. The molecule has 1 aliphatic heterocycles. The summed E-state index contributed by atoms with van der Waals surface area (Å²) in [6, 6.07) is 3.68. The van der Waals surface area contributed by atoms with Crippen molar-refractivity contribution in [2.24, 2.45) is 0 Å². The number of hydrogen-bond acceptors (Lipinski definition) is 5. The van der Waals surface area contributed by atoms with Crippen LogP contribution in [-0.2, 0) is 11.3 Å². The Balaban J connectivity index is 0.00000220. The molecule has 1 heterocycles. The lowest BCUT2D eigenvalue weighted by molar-refractivity contribution is -0.122. The fourth-order valence-corrected chi connectivity index (χ4v) is 3.54. The summed E-state index contributed by atoms with van der Waals surface area (Å²) in [5, 5.41) is 6.07. The summed E-state index contributed by atoms with van der Waals surface area (Å²) in [5.41, 5.74) is 0.952. The Morgan fingerprint density at radius 2 is 2.24 bits per heavy atom. The van der Waals surface area contributed by atoms with E-state index in [9.17, 15) is 4.79 Å². The molecule has 0 bridgehead atoms. The van der Waals surface area contributed by atoms with Crippen molar-refractivity contribution in [3.63, 3.8) is 0 Å². The van der Waals surface area contributed by atoms with Crippen LogP contribution < -0.4 is 20.1 Å². The number of nitrogens with one attached hydrogen (secondary N) is 2. The number of benzene rings is 1. The number of ether oxygens (including phenoxy) is 2. The third kappa shape index (κ3) is 4.67. The lowest BCUT2D eigenvalue weighted by Crippen LogP contribution is -2.41. The van der Waals surface area contributed by atoms with Crippen molar-refractivity contribution in [2.45, 2.75) is 12.6 Å². The highest BCUT2D eigenvalue weighted by Crippen LogP contribution is 2.36. The molecule has 5 nitrogen and oxygen atoms in total. The van der Waals surface area contributed by atoms with Gasteiger partial charge in [-0.15, -0.1) is 24.2 Å². The van der Waals surface area contributed by atoms with Crippen molar-refractivity contribution in [1.82, 2.24) is 10.6 Å². The third-order valence-electron chi connectivity index (χ3n) is 2.99. The minimum atomic E-state index is -0.0939. The molecular formula is C13H18BrClN2O3S. The SMILES string of the molecule is COc1cc(CNC(=O)C2CSCN2)cc(Br)c1OC.Cl. The van der Waals surface area contributed by atoms with Gasteiger partial charge in [0, 0.05) is 18.2 Å². The predicted octanol–water partition coefficient (Wildman–Crippen LogP) is 2.17. The van der Waals surface area contributed by atoms with Crippen LogP contribution >= 0.6 is 40.1 Å². The molecule has 1 saturated heterocycles. The van der Waals surface area contributed by atoms with Gasteiger partial charge in [-0.1, -0.05) is 0 Å². The summed E-state index contributed by atoms with van der Waals surface area (Å²) in [5.74, 6) is 2.97. The molecule has 1 aromatic rings. The molecule has 0 aliphatic carbocycles. The second-order valence-electron chi connectivity index (χ2n) is 4.30. The molecule has 118 valence electrons. The summed E-state index contributed by atoms with van der Waals surface area (Å²) < 4.78 is 11.3. The molecule has 1 unspecified atom stereocenters. The van der Waals surface area contributed by atoms with Crippen molar-refractivity contribution in [3.05, 3.63) is 22.2 Å². The molecule has 2 rings (SSSR count). The molecule has 0 spiro atoms. The monoisotopic (exact) mass is 396 g/mol. The van der Waals surface area contributed by atoms with E-state index in [0.29, 0.717) is 18.0 Å². The van der Waals surface area contributed by atoms with Gasteiger partial charge < -0.3 is 14.8 Å². The van der Waals surface area contributed by atoms with Crippen molar-refractivity contribution in [2.75, 3.05) is 25.8 Å². The zero-order valence-corrected chi connectivity index (χ0v) is 15.0. The number of halogens is 2. The van der Waals surface area contributed by atoms with E-state index in [1.165, 1.54) is 0 Å². The first-order chi connectivity index (χ1) is 9.65. The molecule has 21 heavy (non-hydrogen) atoms. The predicted molar refractivity (Wildman–Crippen MR) is 90.6 cm³/mol. The van der Waals surface area contributed by atoms with E-state index in [1.807, 2.05) is 12.1 Å². The summed E-state index contributed by atoms with van der Waals surface area (Å²) in [4.78, 5) is 11.9. The number of amides is 1. The summed E-state index contributed by atoms with van der Waals surface area (Å²) in [7, 11) is 3.18. The lowest BCUT2D eigenvalue weighted by atomic mass is 10.2. The van der Waals surface area contributed by atoms with Gasteiger partial charge in [0.15, 0.2) is 11.5 Å². The van der Waals surface area contributed by atoms with Crippen LogP contribution in [0.1, 0.15) is 5.56 Å². The maximum Gasteiger partial charge on any atom is 0.238 e. The lowest BCUT2D eigenvalue weighted by Gasteiger charge is -2.14. The van der Waals surface area contributed by atoms with E-state index in [-0.39, 0.29) is 24.4 Å². The van der Waals surface area contributed by atoms with Crippen LogP contribution in [0.4, 0.5) is 0 Å². The van der Waals surface area contributed by atoms with Gasteiger partial charge in [-0.25, -0.2) is 0 Å². The molecule has 1 aromatic carbocycles. The van der Waals surface area contributed by atoms with Crippen molar-refractivity contribution >= 4 is 46.0 Å². The molecule has 1 fully saturated rings. The van der Waals surface area contributed by atoms with Crippen molar-refractivity contribution in [1.29, 1.82) is 0 Å². The van der Waals surface area contributed by atoms with Gasteiger partial charge in [-0.2, -0.15) is 0 Å². The zero-order valence-electron chi connectivity index (χ0n) is 11.8. The molecular weight excluding hydrogens is 380 g/mol. The zero-order chi connectivity index (χ0) is 14.5. The van der Waals surface area contributed by atoms with Crippen LogP contribution in [0.5, 0.6) is 11.5 Å². The van der Waals surface area contributed by atoms with Crippen LogP contribution in [0.25, 0.3) is 0 Å². The normalized spacial score (nSPS) is 17.0. The molecule has 8 heteroatoms. The number of thioether (sulfide) groups is 1. The van der Waals surface area contributed by atoms with Crippen LogP contribution in [0.3, 0.4) is 0 Å². The summed E-state index contributed by atoms with van der Waals surface area (Å²) in [6.07, 6.45) is 0. The van der Waals surface area contributed by atoms with Crippen LogP contribution in [0.15, 0.2) is 16.6 Å². The average Bonchev–Trinajstić information content (AvgIpc) is 2.98. The number of carbonyl (C=O) groups excluding carboxylic acids is 1. The first kappa shape index (κ1) is 18.4. The molecule has 1 aliphatic rings. The number of rotatable bonds is 5. The maximum atomic E-state index is 11.9. The number of methoxy groups -OCH3 is 2. The first-order valence-electron chi connectivity index (χ1n) is 6.15. The second-order valence-corrected chi connectivity index (χ2v) is 6.19. The van der Waals surface area contributed by atoms with E-state index >= 15 is 0 Å². The van der Waals surface area contributed by atoms with Crippen molar-refractivity contribution in [3.8, 4) is 11.5 Å². The van der Waals surface area contributed by atoms with Crippen molar-refractivity contribution < 1.29 is 14.3 Å². The Morgan fingerprint density at radius 3 is 2.81 bits per heavy atom. The quantitative estimate of drug-likeness (QED) is 0.797. The average molecular weight is 398 g/mol. The Morgan fingerprint density at radius 1 is 1.48 bits per heavy atom. The highest BCUT2D eigenvalue weighted by molar-refractivity contribution is 9.10. The topological polar surface area (TPSA) is 59.6 Å². The molecule has 1 amide bonds. The highest BCUT2D eigenvalue weighted by Gasteiger charge is 2.22. The Hall–Kier alpha value is -0.630. The molecule has 1 atom stereocenters. The van der Waals surface area contributed by atoms with Gasteiger partial charge in [0.25, 0.3) is 0 Å². The van der Waals surface area contributed by atoms with Crippen LogP contribution in [0, 0.1) is 0 Å². The first-order valence-corrected chi connectivity index (χ1v) is 8.09. The number of hydrogen-bond donors (Lipinski definition) is 2. The van der Waals surface area contributed by atoms with Gasteiger partial charge in [0.05, 0.1) is 24.7 Å². The largest absolute Gasteiger partial charge is 0.493 e. The molecule has 2 N–H and O–H groups in total. The van der Waals surface area contributed by atoms with E-state index in [0.717, 1.165) is 21.7 Å². The Labute approximate surface area is 143 Å². The van der Waals surface area contributed by atoms with E-state index in [2.05, 4.69) is 26.6 Å². The minimum absolute atomic E-state index is 0. The van der Waals surface area contributed by atoms with E-state index < -0.39 is 0 Å². The fraction of sp³-hybridized carbons (Fsp3) is 0.462. The van der Waals surface area contributed by atoms with Crippen LogP contribution in [-0.4, -0.2) is 37.8 Å². The van der Waals surface area contributed by atoms with Gasteiger partial charge >= 0.3 is 0 Å². The smallest absolute Gasteiger partial charge is 0.238 e. The van der Waals surface area contributed by atoms with E-state index in [4.69, 9.17) is 9.47 Å². The standard InChI is InChI=1S/C13H17BrN2O3S.ClH/c1-18-11-4-8(3-9(14)12(11)19-2)5-15-13(17)10-6-20-7-16-10;/h3-4,10,16H,5-7H2,1-2H3,(H,15,17);1H. The third-order valence-corrected chi connectivity index (χ3v) is 4.52. The number of carbonyl (C=O) groups is 1. The van der Waals surface area contributed by atoms with Gasteiger partial charge in [0.2, 0.25) is 5.91 Å². The summed E-state index contributed by atoms with van der Waals surface area (Å²) in [6.45, 7) is 0.459. The molecule has 0 saturated carbocycles. The molecule has 0 aromatic heterocycles. The maximum absolute atomic E-state index is 11.9. The van der Waals surface area contributed by atoms with Gasteiger partial charge in [-0.05, 0) is 33.6 Å². The van der Waals surface area contributed by atoms with Gasteiger partial charge in [-0.3, -0.25) is 10.1 Å². The molecule has 0 radical (unpaired) electrons. The second kappa shape index (κ2) is 8.73. The van der Waals surface area contributed by atoms with Crippen LogP contribution in [0.2, 0.25) is 0 Å². The summed E-state index contributed by atoms with van der Waals surface area (Å²) >= 11 is 5.17. The van der Waals surface area contributed by atoms with Gasteiger partial charge in [0.1, 0.15) is 0 Å². The van der Waals surface area contributed by atoms with E-state index in [1.54, 1.807) is 26.0 Å². The fourth-order valence-electron chi connectivity index (χ4n) is 1.95.